The summed E-state index contributed by atoms with van der Waals surface area (Å²) < 4.78 is 5.66. The third-order valence-electron chi connectivity index (χ3n) is 2.21. The van der Waals surface area contributed by atoms with E-state index in [-0.39, 0.29) is 6.61 Å². The molecular weight excluding hydrogens is 190 g/mol. The maximum Gasteiger partial charge on any atom is 0.126 e. The zero-order chi connectivity index (χ0) is 11.1. The summed E-state index contributed by atoms with van der Waals surface area (Å²) in [7, 11) is 1.92. The first kappa shape index (κ1) is 12.0. The number of hydrogen-bond donors (Lipinski definition) is 2. The predicted molar refractivity (Wildman–Crippen MR) is 61.1 cm³/mol. The van der Waals surface area contributed by atoms with Gasteiger partial charge in [0.15, 0.2) is 0 Å². The number of aliphatic hydroxyl groups is 1. The van der Waals surface area contributed by atoms with E-state index < -0.39 is 0 Å². The number of nitrogens with one attached hydrogen (secondary N) is 1. The first-order valence-corrected chi connectivity index (χ1v) is 5.26. The van der Waals surface area contributed by atoms with Crippen molar-refractivity contribution in [2.75, 3.05) is 20.3 Å². The zero-order valence-corrected chi connectivity index (χ0v) is 9.42. The van der Waals surface area contributed by atoms with Crippen LogP contribution in [-0.4, -0.2) is 25.4 Å². The largest absolute Gasteiger partial charge is 0.493 e. The Balaban J connectivity index is 2.72. The van der Waals surface area contributed by atoms with Crippen LogP contribution in [0, 0.1) is 6.92 Å². The van der Waals surface area contributed by atoms with Gasteiger partial charge in [-0.1, -0.05) is 18.2 Å². The summed E-state index contributed by atoms with van der Waals surface area (Å²) in [6.45, 7) is 3.58. The van der Waals surface area contributed by atoms with Crippen molar-refractivity contribution in [3.63, 3.8) is 0 Å². The van der Waals surface area contributed by atoms with Gasteiger partial charge in [0.05, 0.1) is 6.61 Å². The van der Waals surface area contributed by atoms with E-state index in [1.165, 1.54) is 0 Å². The Bertz CT molecular complexity index is 300. The first-order valence-electron chi connectivity index (χ1n) is 5.26. The van der Waals surface area contributed by atoms with Crippen LogP contribution in [0.25, 0.3) is 0 Å². The van der Waals surface area contributed by atoms with Gasteiger partial charge >= 0.3 is 0 Å². The van der Waals surface area contributed by atoms with Gasteiger partial charge in [-0.15, -0.1) is 0 Å². The second kappa shape index (κ2) is 6.43. The molecule has 0 amide bonds. The molecule has 3 heteroatoms. The predicted octanol–water partition coefficient (Wildman–Crippen LogP) is 1.48. The number of ether oxygens (including phenoxy) is 1. The Morgan fingerprint density at radius 3 is 2.87 bits per heavy atom. The molecule has 0 saturated carbocycles. The second-order valence-corrected chi connectivity index (χ2v) is 3.52. The van der Waals surface area contributed by atoms with Gasteiger partial charge in [0.1, 0.15) is 5.75 Å². The van der Waals surface area contributed by atoms with Crippen molar-refractivity contribution in [2.24, 2.45) is 0 Å². The first-order chi connectivity index (χ1) is 7.29. The number of para-hydroxylation sites is 1. The second-order valence-electron chi connectivity index (χ2n) is 3.52. The molecule has 1 aromatic rings. The Hall–Kier alpha value is -1.06. The summed E-state index contributed by atoms with van der Waals surface area (Å²) in [6.07, 6.45) is 0.674. The van der Waals surface area contributed by atoms with E-state index in [9.17, 15) is 0 Å². The summed E-state index contributed by atoms with van der Waals surface area (Å²) >= 11 is 0. The molecule has 0 atom stereocenters. The Labute approximate surface area is 91.1 Å². The van der Waals surface area contributed by atoms with Gasteiger partial charge in [-0.2, -0.15) is 0 Å². The van der Waals surface area contributed by atoms with E-state index in [1.807, 2.05) is 26.1 Å². The van der Waals surface area contributed by atoms with Gasteiger partial charge in [-0.05, 0) is 19.5 Å². The van der Waals surface area contributed by atoms with Crippen LogP contribution in [0.4, 0.5) is 0 Å². The van der Waals surface area contributed by atoms with E-state index >= 15 is 0 Å². The molecule has 0 saturated heterocycles. The lowest BCUT2D eigenvalue weighted by Gasteiger charge is -2.13. The van der Waals surface area contributed by atoms with Crippen molar-refractivity contribution in [3.05, 3.63) is 29.3 Å². The Kier molecular flexibility index (Phi) is 5.15. The molecule has 0 heterocycles. The molecule has 0 unspecified atom stereocenters. The lowest BCUT2D eigenvalue weighted by molar-refractivity contribution is 0.231. The molecule has 3 nitrogen and oxygen atoms in total. The molecule has 0 radical (unpaired) electrons. The molecule has 0 aliphatic rings. The lowest BCUT2D eigenvalue weighted by atomic mass is 10.1. The smallest absolute Gasteiger partial charge is 0.126 e. The molecule has 1 aromatic carbocycles. The molecule has 15 heavy (non-hydrogen) atoms. The average Bonchev–Trinajstić information content (AvgIpc) is 2.23. The fourth-order valence-electron chi connectivity index (χ4n) is 1.49. The van der Waals surface area contributed by atoms with Crippen LogP contribution in [-0.2, 0) is 6.54 Å². The van der Waals surface area contributed by atoms with Gasteiger partial charge in [-0.3, -0.25) is 0 Å². The van der Waals surface area contributed by atoms with Gasteiger partial charge in [-0.25, -0.2) is 0 Å². The average molecular weight is 209 g/mol. The van der Waals surface area contributed by atoms with Crippen LogP contribution >= 0.6 is 0 Å². The minimum absolute atomic E-state index is 0.174. The number of aliphatic hydroxyl groups excluding tert-OH is 1. The molecular formula is C12H19NO2. The third kappa shape index (κ3) is 3.53. The maximum absolute atomic E-state index is 8.69. The highest BCUT2D eigenvalue weighted by Gasteiger charge is 2.05. The van der Waals surface area contributed by atoms with Crippen molar-refractivity contribution < 1.29 is 9.84 Å². The van der Waals surface area contributed by atoms with E-state index in [4.69, 9.17) is 9.84 Å². The van der Waals surface area contributed by atoms with Crippen LogP contribution in [0.15, 0.2) is 18.2 Å². The molecule has 84 valence electrons. The monoisotopic (exact) mass is 209 g/mol. The van der Waals surface area contributed by atoms with Gasteiger partial charge < -0.3 is 15.2 Å². The van der Waals surface area contributed by atoms with E-state index in [0.717, 1.165) is 23.4 Å². The summed E-state index contributed by atoms with van der Waals surface area (Å²) in [5, 5.41) is 11.8. The maximum atomic E-state index is 8.69. The standard InChI is InChI=1S/C12H19NO2/c1-10-5-3-6-11(9-13-2)12(10)15-8-4-7-14/h3,5-6,13-14H,4,7-9H2,1-2H3. The zero-order valence-electron chi connectivity index (χ0n) is 9.42. The summed E-state index contributed by atoms with van der Waals surface area (Å²) in [6, 6.07) is 6.12. The van der Waals surface area contributed by atoms with Crippen LogP contribution < -0.4 is 10.1 Å². The minimum Gasteiger partial charge on any atom is -0.493 e. The number of benzene rings is 1. The van der Waals surface area contributed by atoms with Crippen LogP contribution in [0.5, 0.6) is 5.75 Å². The van der Waals surface area contributed by atoms with Gasteiger partial charge in [0.2, 0.25) is 0 Å². The minimum atomic E-state index is 0.174. The van der Waals surface area contributed by atoms with Gasteiger partial charge in [0.25, 0.3) is 0 Å². The fourth-order valence-corrected chi connectivity index (χ4v) is 1.49. The normalized spacial score (nSPS) is 10.3. The van der Waals surface area contributed by atoms with Crippen molar-refractivity contribution >= 4 is 0 Å². The highest BCUT2D eigenvalue weighted by Crippen LogP contribution is 2.23. The number of rotatable bonds is 6. The van der Waals surface area contributed by atoms with Crippen molar-refractivity contribution in [1.29, 1.82) is 0 Å². The molecule has 0 fully saturated rings. The molecule has 0 aliphatic heterocycles. The van der Waals surface area contributed by atoms with Gasteiger partial charge in [0, 0.05) is 25.1 Å². The summed E-state index contributed by atoms with van der Waals surface area (Å²) in [5.74, 6) is 0.945. The summed E-state index contributed by atoms with van der Waals surface area (Å²) in [5.41, 5.74) is 2.30. The molecule has 0 bridgehead atoms. The van der Waals surface area contributed by atoms with Crippen molar-refractivity contribution in [3.8, 4) is 5.75 Å². The molecule has 2 N–H and O–H groups in total. The number of aryl methyl sites for hydroxylation is 1. The highest BCUT2D eigenvalue weighted by atomic mass is 16.5. The SMILES string of the molecule is CNCc1cccc(C)c1OCCCO. The van der Waals surface area contributed by atoms with Crippen LogP contribution in [0.3, 0.4) is 0 Å². The third-order valence-corrected chi connectivity index (χ3v) is 2.21. The van der Waals surface area contributed by atoms with Crippen LogP contribution in [0.1, 0.15) is 17.5 Å². The van der Waals surface area contributed by atoms with Crippen molar-refractivity contribution in [1.82, 2.24) is 5.32 Å². The molecule has 0 aromatic heterocycles. The quantitative estimate of drug-likeness (QED) is 0.697. The van der Waals surface area contributed by atoms with E-state index in [2.05, 4.69) is 11.4 Å². The number of hydrogen-bond acceptors (Lipinski definition) is 3. The van der Waals surface area contributed by atoms with E-state index in [0.29, 0.717) is 13.0 Å². The van der Waals surface area contributed by atoms with Crippen molar-refractivity contribution in [2.45, 2.75) is 19.9 Å². The molecule has 0 aliphatic carbocycles. The highest BCUT2D eigenvalue weighted by molar-refractivity contribution is 5.40. The van der Waals surface area contributed by atoms with E-state index in [1.54, 1.807) is 0 Å². The fraction of sp³-hybridized carbons (Fsp3) is 0.500. The van der Waals surface area contributed by atoms with Crippen LogP contribution in [0.2, 0.25) is 0 Å². The topological polar surface area (TPSA) is 41.5 Å². The summed E-state index contributed by atoms with van der Waals surface area (Å²) in [4.78, 5) is 0. The Morgan fingerprint density at radius 2 is 2.20 bits per heavy atom. The molecule has 0 spiro atoms. The Morgan fingerprint density at radius 1 is 1.40 bits per heavy atom. The molecule has 1 rings (SSSR count). The lowest BCUT2D eigenvalue weighted by Crippen LogP contribution is -2.09.